The van der Waals surface area contributed by atoms with Crippen molar-refractivity contribution in [2.24, 2.45) is 7.05 Å². The summed E-state index contributed by atoms with van der Waals surface area (Å²) < 4.78 is 12.8. The summed E-state index contributed by atoms with van der Waals surface area (Å²) in [6.07, 6.45) is 0. The number of fused-ring (bicyclic) bond motifs is 1. The molecule has 3 rings (SSSR count). The molecule has 0 aliphatic carbocycles. The van der Waals surface area contributed by atoms with Gasteiger partial charge in [-0.1, -0.05) is 12.1 Å². The molecule has 3 aromatic rings. The first-order valence-electron chi connectivity index (χ1n) is 9.45. The monoisotopic (exact) mass is 413 g/mol. The lowest BCUT2D eigenvalue weighted by Crippen LogP contribution is -2.27. The number of ether oxygens (including phenoxy) is 2. The van der Waals surface area contributed by atoms with Crippen LogP contribution in [-0.4, -0.2) is 45.1 Å². The van der Waals surface area contributed by atoms with Gasteiger partial charge in [-0.3, -0.25) is 18.7 Å². The van der Waals surface area contributed by atoms with E-state index in [2.05, 4.69) is 4.98 Å². The first-order chi connectivity index (χ1) is 14.3. The molecule has 0 aliphatic heterocycles. The number of benzene rings is 1. The predicted molar refractivity (Wildman–Crippen MR) is 109 cm³/mol. The van der Waals surface area contributed by atoms with Crippen LogP contribution in [-0.2, 0) is 27.9 Å². The van der Waals surface area contributed by atoms with E-state index < -0.39 is 24.3 Å². The van der Waals surface area contributed by atoms with E-state index in [0.29, 0.717) is 22.3 Å². The Balaban J connectivity index is 1.72. The van der Waals surface area contributed by atoms with Gasteiger partial charge in [0.25, 0.3) is 0 Å². The molecule has 1 aromatic carbocycles. The number of H-pyrrole nitrogens is 1. The molecule has 0 bridgehead atoms. The van der Waals surface area contributed by atoms with E-state index in [9.17, 15) is 19.2 Å². The number of aromatic amines is 1. The summed E-state index contributed by atoms with van der Waals surface area (Å²) in [7, 11) is 1.62. The average Bonchev–Trinajstić information content (AvgIpc) is 3.15. The van der Waals surface area contributed by atoms with E-state index in [1.54, 1.807) is 52.1 Å². The summed E-state index contributed by atoms with van der Waals surface area (Å²) in [5, 5.41) is 0. The number of nitrogens with zero attached hydrogens (tertiary/aromatic N) is 2. The number of rotatable bonds is 7. The third-order valence-electron chi connectivity index (χ3n) is 4.90. The van der Waals surface area contributed by atoms with Crippen molar-refractivity contribution in [3.8, 4) is 0 Å². The molecule has 9 nitrogen and oxygen atoms in total. The van der Waals surface area contributed by atoms with Crippen molar-refractivity contribution in [3.05, 3.63) is 57.3 Å². The van der Waals surface area contributed by atoms with E-state index in [4.69, 9.17) is 9.47 Å². The van der Waals surface area contributed by atoms with Crippen LogP contribution < -0.4 is 5.69 Å². The molecule has 0 saturated carbocycles. The number of ketones is 1. The zero-order valence-corrected chi connectivity index (χ0v) is 17.3. The number of nitrogens with one attached hydrogen (secondary N) is 1. The zero-order valence-electron chi connectivity index (χ0n) is 17.3. The molecule has 0 spiro atoms. The molecule has 0 amide bonds. The number of imidazole rings is 1. The number of Topliss-reactive ketones (excluding diaryl/α,β-unsaturated/α-hetero) is 1. The number of hydrogen-bond donors (Lipinski definition) is 1. The topological polar surface area (TPSA) is 112 Å². The standard InChI is InChI=1S/C21H23N3O6/c1-5-29-20(27)19-12(2)18(13(3)22-19)16(25)11-30-17(26)10-24-15-9-7-6-8-14(15)23(4)21(24)28/h6-9,22H,5,10-11H2,1-4H3. The van der Waals surface area contributed by atoms with E-state index >= 15 is 0 Å². The van der Waals surface area contributed by atoms with Gasteiger partial charge in [-0.25, -0.2) is 9.59 Å². The molecule has 2 aromatic heterocycles. The molecule has 0 radical (unpaired) electrons. The second-order valence-electron chi connectivity index (χ2n) is 6.85. The Morgan fingerprint density at radius 2 is 1.73 bits per heavy atom. The summed E-state index contributed by atoms with van der Waals surface area (Å²) >= 11 is 0. The van der Waals surface area contributed by atoms with Crippen LogP contribution in [0.25, 0.3) is 11.0 Å². The second-order valence-corrected chi connectivity index (χ2v) is 6.85. The zero-order chi connectivity index (χ0) is 22.0. The molecule has 0 aliphatic rings. The number of esters is 2. The molecular weight excluding hydrogens is 390 g/mol. The van der Waals surface area contributed by atoms with Gasteiger partial charge in [0, 0.05) is 18.3 Å². The Morgan fingerprint density at radius 3 is 2.40 bits per heavy atom. The third-order valence-corrected chi connectivity index (χ3v) is 4.90. The fraction of sp³-hybridized carbons (Fsp3) is 0.333. The van der Waals surface area contributed by atoms with Gasteiger partial charge in [-0.05, 0) is 38.5 Å². The van der Waals surface area contributed by atoms with E-state index in [1.807, 2.05) is 0 Å². The highest BCUT2D eigenvalue weighted by molar-refractivity contribution is 6.03. The summed E-state index contributed by atoms with van der Waals surface area (Å²) in [4.78, 5) is 52.1. The van der Waals surface area contributed by atoms with E-state index in [-0.39, 0.29) is 30.1 Å². The predicted octanol–water partition coefficient (Wildman–Crippen LogP) is 1.89. The number of carbonyl (C=O) groups is 3. The fourth-order valence-corrected chi connectivity index (χ4v) is 3.48. The number of aromatic nitrogens is 3. The van der Waals surface area contributed by atoms with Crippen LogP contribution in [0, 0.1) is 13.8 Å². The molecule has 0 fully saturated rings. The summed E-state index contributed by atoms with van der Waals surface area (Å²) in [6.45, 7) is 4.37. The average molecular weight is 413 g/mol. The van der Waals surface area contributed by atoms with Crippen molar-refractivity contribution < 1.29 is 23.9 Å². The molecule has 0 atom stereocenters. The summed E-state index contributed by atoms with van der Waals surface area (Å²) in [6, 6.07) is 7.08. The largest absolute Gasteiger partial charge is 0.461 e. The molecule has 30 heavy (non-hydrogen) atoms. The van der Waals surface area contributed by atoms with E-state index in [1.165, 1.54) is 9.13 Å². The smallest absolute Gasteiger partial charge is 0.355 e. The minimum Gasteiger partial charge on any atom is -0.461 e. The highest BCUT2D eigenvalue weighted by Gasteiger charge is 2.24. The van der Waals surface area contributed by atoms with E-state index in [0.717, 1.165) is 0 Å². The van der Waals surface area contributed by atoms with Crippen LogP contribution >= 0.6 is 0 Å². The van der Waals surface area contributed by atoms with Gasteiger partial charge in [0.15, 0.2) is 6.61 Å². The van der Waals surface area contributed by atoms with Gasteiger partial charge in [-0.15, -0.1) is 0 Å². The summed E-state index contributed by atoms with van der Waals surface area (Å²) in [5.41, 5.74) is 2.36. The number of aryl methyl sites for hydroxylation is 2. The van der Waals surface area contributed by atoms with Crippen LogP contribution in [0.5, 0.6) is 0 Å². The van der Waals surface area contributed by atoms with Gasteiger partial charge < -0.3 is 14.5 Å². The van der Waals surface area contributed by atoms with Gasteiger partial charge in [-0.2, -0.15) is 0 Å². The normalized spacial score (nSPS) is 10.9. The van der Waals surface area contributed by atoms with Crippen LogP contribution in [0.1, 0.15) is 39.0 Å². The molecule has 0 saturated heterocycles. The second kappa shape index (κ2) is 8.40. The van der Waals surface area contributed by atoms with Crippen molar-refractivity contribution in [1.29, 1.82) is 0 Å². The van der Waals surface area contributed by atoms with Gasteiger partial charge in [0.2, 0.25) is 5.78 Å². The van der Waals surface area contributed by atoms with Crippen LogP contribution in [0.2, 0.25) is 0 Å². The number of carbonyl (C=O) groups excluding carboxylic acids is 3. The first-order valence-corrected chi connectivity index (χ1v) is 9.45. The Kier molecular flexibility index (Phi) is 5.91. The van der Waals surface area contributed by atoms with Crippen molar-refractivity contribution in [3.63, 3.8) is 0 Å². The molecule has 158 valence electrons. The van der Waals surface area contributed by atoms with Gasteiger partial charge in [0.05, 0.1) is 17.6 Å². The molecule has 9 heteroatoms. The Morgan fingerprint density at radius 1 is 1.07 bits per heavy atom. The molecule has 1 N–H and O–H groups in total. The SMILES string of the molecule is CCOC(=O)c1[nH]c(C)c(C(=O)COC(=O)Cn2c(=O)n(C)c3ccccc32)c1C. The lowest BCUT2D eigenvalue weighted by atomic mass is 10.1. The highest BCUT2D eigenvalue weighted by atomic mass is 16.5. The lowest BCUT2D eigenvalue weighted by Gasteiger charge is -2.06. The maximum absolute atomic E-state index is 12.6. The van der Waals surface area contributed by atoms with Crippen molar-refractivity contribution in [2.75, 3.05) is 13.2 Å². The van der Waals surface area contributed by atoms with Crippen LogP contribution in [0.15, 0.2) is 29.1 Å². The minimum atomic E-state index is -0.710. The van der Waals surface area contributed by atoms with Crippen LogP contribution in [0.3, 0.4) is 0 Å². The first kappa shape index (κ1) is 21.1. The number of para-hydroxylation sites is 2. The molecular formula is C21H23N3O6. The Labute approximate surface area is 172 Å². The summed E-state index contributed by atoms with van der Waals surface area (Å²) in [5.74, 6) is -1.71. The van der Waals surface area contributed by atoms with Gasteiger partial charge >= 0.3 is 17.6 Å². The maximum Gasteiger partial charge on any atom is 0.355 e. The molecule has 0 unspecified atom stereocenters. The Hall–Kier alpha value is -3.62. The van der Waals surface area contributed by atoms with Gasteiger partial charge in [0.1, 0.15) is 12.2 Å². The Bertz CT molecular complexity index is 1200. The third kappa shape index (κ3) is 3.78. The highest BCUT2D eigenvalue weighted by Crippen LogP contribution is 2.19. The lowest BCUT2D eigenvalue weighted by molar-refractivity contribution is -0.143. The van der Waals surface area contributed by atoms with Crippen molar-refractivity contribution in [2.45, 2.75) is 27.3 Å². The fourth-order valence-electron chi connectivity index (χ4n) is 3.48. The quantitative estimate of drug-likeness (QED) is 0.468. The molecule has 2 heterocycles. The van der Waals surface area contributed by atoms with Crippen LogP contribution in [0.4, 0.5) is 0 Å². The number of hydrogen-bond acceptors (Lipinski definition) is 6. The van der Waals surface area contributed by atoms with Crippen molar-refractivity contribution in [1.82, 2.24) is 14.1 Å². The van der Waals surface area contributed by atoms with Crippen molar-refractivity contribution >= 4 is 28.8 Å². The minimum absolute atomic E-state index is 0.200. The maximum atomic E-state index is 12.6.